The lowest BCUT2D eigenvalue weighted by molar-refractivity contribution is 0.600. The summed E-state index contributed by atoms with van der Waals surface area (Å²) in [7, 11) is 0. The van der Waals surface area contributed by atoms with Crippen molar-refractivity contribution in [3.05, 3.63) is 101 Å². The van der Waals surface area contributed by atoms with Gasteiger partial charge in [0.2, 0.25) is 0 Å². The number of imidazole rings is 1. The van der Waals surface area contributed by atoms with Gasteiger partial charge in [0.15, 0.2) is 0 Å². The van der Waals surface area contributed by atoms with E-state index in [2.05, 4.69) is 43.7 Å². The number of hydrogen-bond donors (Lipinski definition) is 1. The summed E-state index contributed by atoms with van der Waals surface area (Å²) in [6.07, 6.45) is 1.77. The van der Waals surface area contributed by atoms with Gasteiger partial charge in [-0.05, 0) is 58.3 Å². The van der Waals surface area contributed by atoms with Crippen molar-refractivity contribution < 1.29 is 4.57 Å². The Bertz CT molecular complexity index is 1240. The summed E-state index contributed by atoms with van der Waals surface area (Å²) < 4.78 is 11.3. The Labute approximate surface area is 194 Å². The highest BCUT2D eigenvalue weighted by Gasteiger charge is 2.17. The zero-order valence-corrected chi connectivity index (χ0v) is 19.7. The Morgan fingerprint density at radius 1 is 0.935 bits per heavy atom. The van der Waals surface area contributed by atoms with Gasteiger partial charge in [-0.25, -0.2) is 4.79 Å². The monoisotopic (exact) mass is 493 g/mol. The first-order chi connectivity index (χ1) is 14.7. The number of pyridine rings is 1. The standard InChI is InChI=1S/C22H19N3O.Cl3OP/c1-16-14-19(12-13-23-16)20-21(18-10-6-3-7-11-18)25(22(26)24-20)15-17-8-4-2-5-9-17;1-5(2,3)4/h2-14H,15H2,1H3,(H,24,26);. The molecule has 0 unspecified atom stereocenters. The highest BCUT2D eigenvalue weighted by Crippen LogP contribution is 2.61. The lowest BCUT2D eigenvalue weighted by atomic mass is 10.0. The van der Waals surface area contributed by atoms with Gasteiger partial charge in [-0.15, -0.1) is 0 Å². The molecule has 9 heteroatoms. The Hall–Kier alpha value is -2.30. The third-order valence-electron chi connectivity index (χ3n) is 4.40. The van der Waals surface area contributed by atoms with Crippen molar-refractivity contribution in [1.29, 1.82) is 0 Å². The van der Waals surface area contributed by atoms with E-state index >= 15 is 0 Å². The summed E-state index contributed by atoms with van der Waals surface area (Å²) in [5.41, 5.74) is 5.57. The molecule has 0 fully saturated rings. The minimum Gasteiger partial charge on any atom is -0.305 e. The number of aromatic nitrogens is 3. The van der Waals surface area contributed by atoms with Gasteiger partial charge in [0.25, 0.3) is 0 Å². The fourth-order valence-electron chi connectivity index (χ4n) is 3.19. The molecule has 0 atom stereocenters. The molecule has 160 valence electrons. The first kappa shape index (κ1) is 23.4. The van der Waals surface area contributed by atoms with Gasteiger partial charge in [0.1, 0.15) is 0 Å². The number of H-pyrrole nitrogens is 1. The largest absolute Gasteiger partial charge is 0.339 e. The van der Waals surface area contributed by atoms with Crippen LogP contribution >= 0.6 is 38.9 Å². The van der Waals surface area contributed by atoms with Crippen LogP contribution in [0.15, 0.2) is 83.8 Å². The molecule has 0 radical (unpaired) electrons. The van der Waals surface area contributed by atoms with Crippen LogP contribution in [0, 0.1) is 6.92 Å². The van der Waals surface area contributed by atoms with Crippen LogP contribution in [0.3, 0.4) is 0 Å². The lowest BCUT2D eigenvalue weighted by Crippen LogP contribution is -2.18. The summed E-state index contributed by atoms with van der Waals surface area (Å²) in [6, 6.07) is 24.0. The second-order valence-electron chi connectivity index (χ2n) is 6.68. The fraction of sp³-hybridized carbons (Fsp3) is 0.0909. The van der Waals surface area contributed by atoms with E-state index in [4.69, 9.17) is 0 Å². The molecule has 31 heavy (non-hydrogen) atoms. The van der Waals surface area contributed by atoms with Crippen molar-refractivity contribution in [3.63, 3.8) is 0 Å². The van der Waals surface area contributed by atoms with Crippen LogP contribution < -0.4 is 5.69 Å². The molecule has 0 amide bonds. The molecule has 2 aromatic heterocycles. The number of nitrogens with one attached hydrogen (secondary N) is 1. The van der Waals surface area contributed by atoms with E-state index in [1.165, 1.54) is 0 Å². The maximum Gasteiger partial charge on any atom is 0.339 e. The normalized spacial score (nSPS) is 11.0. The van der Waals surface area contributed by atoms with E-state index in [1.54, 1.807) is 10.8 Å². The van der Waals surface area contributed by atoms with Crippen LogP contribution in [0.4, 0.5) is 0 Å². The van der Waals surface area contributed by atoms with Gasteiger partial charge in [-0.3, -0.25) is 14.1 Å². The maximum absolute atomic E-state index is 12.8. The minimum atomic E-state index is -3.22. The molecular weight excluding hydrogens is 476 g/mol. The van der Waals surface area contributed by atoms with Crippen LogP contribution in [0.5, 0.6) is 0 Å². The summed E-state index contributed by atoms with van der Waals surface area (Å²) in [5.74, 6) is 0. The number of nitrogens with zero attached hydrogens (tertiary/aromatic N) is 2. The molecule has 4 aromatic rings. The van der Waals surface area contributed by atoms with Gasteiger partial charge in [-0.1, -0.05) is 60.7 Å². The third kappa shape index (κ3) is 6.84. The summed E-state index contributed by atoms with van der Waals surface area (Å²) in [5, 5.41) is -3.22. The van der Waals surface area contributed by atoms with Crippen molar-refractivity contribution >= 4 is 38.9 Å². The molecule has 0 spiro atoms. The van der Waals surface area contributed by atoms with E-state index in [0.29, 0.717) is 6.54 Å². The van der Waals surface area contributed by atoms with Crippen molar-refractivity contribution in [2.75, 3.05) is 0 Å². The second-order valence-corrected chi connectivity index (χ2v) is 13.3. The summed E-state index contributed by atoms with van der Waals surface area (Å²) >= 11 is 13.8. The van der Waals surface area contributed by atoms with Crippen molar-refractivity contribution in [1.82, 2.24) is 14.5 Å². The molecule has 5 nitrogen and oxygen atoms in total. The second kappa shape index (κ2) is 10.3. The first-order valence-electron chi connectivity index (χ1n) is 9.26. The summed E-state index contributed by atoms with van der Waals surface area (Å²) in [6.45, 7) is 2.47. The predicted octanol–water partition coefficient (Wildman–Crippen LogP) is 7.07. The first-order valence-corrected chi connectivity index (χ1v) is 13.7. The zero-order chi connectivity index (χ0) is 22.4. The van der Waals surface area contributed by atoms with E-state index in [0.717, 1.165) is 33.8 Å². The Kier molecular flexibility index (Phi) is 7.79. The molecule has 0 aliphatic heterocycles. The van der Waals surface area contributed by atoms with Crippen LogP contribution in [0.1, 0.15) is 11.3 Å². The molecule has 2 heterocycles. The molecule has 0 aliphatic carbocycles. The average Bonchev–Trinajstić information content (AvgIpc) is 3.04. The van der Waals surface area contributed by atoms with Crippen molar-refractivity contribution in [2.24, 2.45) is 0 Å². The number of benzene rings is 2. The van der Waals surface area contributed by atoms with E-state index < -0.39 is 5.20 Å². The minimum absolute atomic E-state index is 0.114. The molecule has 0 aliphatic rings. The SMILES string of the molecule is Cc1cc(-c2[nH]c(=O)n(Cc3ccccc3)c2-c2ccccc2)ccn1.O=P(Cl)(Cl)Cl. The van der Waals surface area contributed by atoms with E-state index in [9.17, 15) is 9.36 Å². The van der Waals surface area contributed by atoms with Gasteiger partial charge in [0, 0.05) is 23.0 Å². The van der Waals surface area contributed by atoms with Crippen LogP contribution in [-0.4, -0.2) is 14.5 Å². The number of rotatable bonds is 4. The van der Waals surface area contributed by atoms with Crippen LogP contribution in [0.2, 0.25) is 0 Å². The number of aryl methyl sites for hydroxylation is 1. The highest BCUT2D eigenvalue weighted by atomic mass is 36.0. The zero-order valence-electron chi connectivity index (χ0n) is 16.5. The Balaban J connectivity index is 0.000000491. The van der Waals surface area contributed by atoms with Gasteiger partial charge in [0.05, 0.1) is 17.9 Å². The lowest BCUT2D eigenvalue weighted by Gasteiger charge is -2.10. The molecule has 0 saturated carbocycles. The molecule has 4 rings (SSSR count). The highest BCUT2D eigenvalue weighted by molar-refractivity contribution is 8.24. The molecule has 2 aromatic carbocycles. The molecular formula is C22H19Cl3N3O2P. The molecule has 0 saturated heterocycles. The summed E-state index contributed by atoms with van der Waals surface area (Å²) in [4.78, 5) is 20.1. The quantitative estimate of drug-likeness (QED) is 0.308. The Morgan fingerprint density at radius 3 is 2.10 bits per heavy atom. The van der Waals surface area contributed by atoms with Crippen molar-refractivity contribution in [2.45, 2.75) is 13.5 Å². The van der Waals surface area contributed by atoms with Crippen LogP contribution in [-0.2, 0) is 11.1 Å². The molecule has 1 N–H and O–H groups in total. The van der Waals surface area contributed by atoms with Crippen molar-refractivity contribution in [3.8, 4) is 22.5 Å². The maximum atomic E-state index is 12.8. The smallest absolute Gasteiger partial charge is 0.305 e. The van der Waals surface area contributed by atoms with Crippen LogP contribution in [0.25, 0.3) is 22.5 Å². The van der Waals surface area contributed by atoms with E-state index in [-0.39, 0.29) is 5.69 Å². The third-order valence-corrected chi connectivity index (χ3v) is 4.40. The number of halogens is 3. The van der Waals surface area contributed by atoms with Gasteiger partial charge in [-0.2, -0.15) is 0 Å². The fourth-order valence-corrected chi connectivity index (χ4v) is 3.19. The van der Waals surface area contributed by atoms with Gasteiger partial charge >= 0.3 is 10.9 Å². The predicted molar refractivity (Wildman–Crippen MR) is 129 cm³/mol. The molecule has 0 bridgehead atoms. The average molecular weight is 495 g/mol. The van der Waals surface area contributed by atoms with Gasteiger partial charge < -0.3 is 4.98 Å². The topological polar surface area (TPSA) is 67.8 Å². The number of hydrogen-bond acceptors (Lipinski definition) is 3. The number of aromatic amines is 1. The Morgan fingerprint density at radius 2 is 1.52 bits per heavy atom. The van der Waals surface area contributed by atoms with E-state index in [1.807, 2.05) is 79.7 Å².